The highest BCUT2D eigenvalue weighted by molar-refractivity contribution is 6.07. The fourth-order valence-electron chi connectivity index (χ4n) is 3.46. The molecule has 1 aromatic heterocycles. The van der Waals surface area contributed by atoms with Gasteiger partial charge in [-0.05, 0) is 42.7 Å². The summed E-state index contributed by atoms with van der Waals surface area (Å²) in [4.78, 5) is 17.7. The lowest BCUT2D eigenvalue weighted by Gasteiger charge is -2.19. The van der Waals surface area contributed by atoms with E-state index in [0.29, 0.717) is 25.3 Å². The van der Waals surface area contributed by atoms with Crippen LogP contribution in [0.25, 0.3) is 10.9 Å². The molecule has 138 valence electrons. The molecule has 1 aliphatic heterocycles. The number of nitrogens with one attached hydrogen (secondary N) is 1. The molecule has 0 fully saturated rings. The van der Waals surface area contributed by atoms with Crippen LogP contribution in [0, 0.1) is 6.92 Å². The zero-order valence-electron chi connectivity index (χ0n) is 15.5. The van der Waals surface area contributed by atoms with E-state index in [0.717, 1.165) is 45.6 Å². The van der Waals surface area contributed by atoms with Crippen molar-refractivity contribution >= 4 is 16.8 Å². The van der Waals surface area contributed by atoms with Gasteiger partial charge in [0.2, 0.25) is 0 Å². The summed E-state index contributed by atoms with van der Waals surface area (Å²) in [7, 11) is 0. The maximum Gasteiger partial charge on any atom is 0.252 e. The van der Waals surface area contributed by atoms with E-state index in [2.05, 4.69) is 12.2 Å². The normalized spacial score (nSPS) is 12.8. The molecule has 1 aliphatic rings. The largest absolute Gasteiger partial charge is 0.486 e. The number of ether oxygens (including phenoxy) is 2. The van der Waals surface area contributed by atoms with Crippen molar-refractivity contribution in [3.8, 4) is 11.5 Å². The first-order chi connectivity index (χ1) is 13.2. The second-order valence-electron chi connectivity index (χ2n) is 6.59. The lowest BCUT2D eigenvalue weighted by Crippen LogP contribution is -2.25. The summed E-state index contributed by atoms with van der Waals surface area (Å²) in [6.07, 6.45) is 0.791. The number of fused-ring (bicyclic) bond motifs is 2. The van der Waals surface area contributed by atoms with Crippen molar-refractivity contribution in [3.05, 3.63) is 64.8 Å². The standard InChI is InChI=1S/C22H22N2O3/c1-3-17-14(2)21(16-6-4-5-7-18(16)24-17)22(25)23-13-15-8-9-19-20(12-15)27-11-10-26-19/h4-9,12H,3,10-11,13H2,1-2H3,(H,23,25). The summed E-state index contributed by atoms with van der Waals surface area (Å²) < 4.78 is 11.2. The molecule has 1 N–H and O–H groups in total. The average molecular weight is 362 g/mol. The van der Waals surface area contributed by atoms with E-state index in [4.69, 9.17) is 14.5 Å². The van der Waals surface area contributed by atoms with Gasteiger partial charge in [0.05, 0.1) is 11.1 Å². The molecule has 0 saturated heterocycles. The molecule has 0 radical (unpaired) electrons. The Morgan fingerprint density at radius 3 is 2.70 bits per heavy atom. The third-order valence-electron chi connectivity index (χ3n) is 4.86. The fourth-order valence-corrected chi connectivity index (χ4v) is 3.46. The highest BCUT2D eigenvalue weighted by Gasteiger charge is 2.18. The SMILES string of the molecule is CCc1nc2ccccc2c(C(=O)NCc2ccc3c(c2)OCCO3)c1C. The van der Waals surface area contributed by atoms with Crippen LogP contribution in [-0.4, -0.2) is 24.1 Å². The molecule has 0 unspecified atom stereocenters. The van der Waals surface area contributed by atoms with E-state index in [9.17, 15) is 4.79 Å². The summed E-state index contributed by atoms with van der Waals surface area (Å²) in [6, 6.07) is 13.5. The number of hydrogen-bond donors (Lipinski definition) is 1. The Morgan fingerprint density at radius 2 is 1.89 bits per heavy atom. The maximum atomic E-state index is 13.0. The molecule has 0 spiro atoms. The van der Waals surface area contributed by atoms with Crippen LogP contribution in [0.1, 0.15) is 34.1 Å². The molecular formula is C22H22N2O3. The van der Waals surface area contributed by atoms with Crippen LogP contribution in [0.4, 0.5) is 0 Å². The lowest BCUT2D eigenvalue weighted by atomic mass is 9.99. The smallest absolute Gasteiger partial charge is 0.252 e. The number of para-hydroxylation sites is 1. The summed E-state index contributed by atoms with van der Waals surface area (Å²) in [5.74, 6) is 1.39. The fraction of sp³-hybridized carbons (Fsp3) is 0.273. The van der Waals surface area contributed by atoms with Gasteiger partial charge in [-0.25, -0.2) is 0 Å². The number of aromatic nitrogens is 1. The Hall–Kier alpha value is -3.08. The van der Waals surface area contributed by atoms with Crippen molar-refractivity contribution in [2.75, 3.05) is 13.2 Å². The van der Waals surface area contributed by atoms with Gasteiger partial charge in [-0.1, -0.05) is 31.2 Å². The second-order valence-corrected chi connectivity index (χ2v) is 6.59. The minimum Gasteiger partial charge on any atom is -0.486 e. The first-order valence-corrected chi connectivity index (χ1v) is 9.22. The predicted octanol–water partition coefficient (Wildman–Crippen LogP) is 3.81. The van der Waals surface area contributed by atoms with Gasteiger partial charge in [-0.3, -0.25) is 9.78 Å². The van der Waals surface area contributed by atoms with Crippen LogP contribution in [0.3, 0.4) is 0 Å². The topological polar surface area (TPSA) is 60.5 Å². The predicted molar refractivity (Wildman–Crippen MR) is 104 cm³/mol. The number of carbonyl (C=O) groups excluding carboxylic acids is 1. The van der Waals surface area contributed by atoms with E-state index in [1.54, 1.807) is 0 Å². The van der Waals surface area contributed by atoms with E-state index < -0.39 is 0 Å². The molecule has 5 nitrogen and oxygen atoms in total. The Balaban J connectivity index is 1.61. The third-order valence-corrected chi connectivity index (χ3v) is 4.86. The number of aryl methyl sites for hydroxylation is 1. The van der Waals surface area contributed by atoms with E-state index >= 15 is 0 Å². The van der Waals surface area contributed by atoms with Gasteiger partial charge < -0.3 is 14.8 Å². The summed E-state index contributed by atoms with van der Waals surface area (Å²) in [6.45, 7) is 5.56. The van der Waals surface area contributed by atoms with Gasteiger partial charge in [0, 0.05) is 17.6 Å². The molecule has 4 rings (SSSR count). The van der Waals surface area contributed by atoms with Crippen molar-refractivity contribution in [1.82, 2.24) is 10.3 Å². The van der Waals surface area contributed by atoms with Crippen LogP contribution in [0.2, 0.25) is 0 Å². The molecule has 2 aromatic carbocycles. The molecular weight excluding hydrogens is 340 g/mol. The molecule has 1 amide bonds. The van der Waals surface area contributed by atoms with Crippen LogP contribution in [0.5, 0.6) is 11.5 Å². The highest BCUT2D eigenvalue weighted by atomic mass is 16.6. The number of benzene rings is 2. The van der Waals surface area contributed by atoms with Crippen LogP contribution in [-0.2, 0) is 13.0 Å². The first-order valence-electron chi connectivity index (χ1n) is 9.22. The molecule has 3 aromatic rings. The lowest BCUT2D eigenvalue weighted by molar-refractivity contribution is 0.0951. The Kier molecular flexibility index (Phi) is 4.67. The molecule has 2 heterocycles. The van der Waals surface area contributed by atoms with Crippen LogP contribution >= 0.6 is 0 Å². The summed E-state index contributed by atoms with van der Waals surface area (Å²) in [5.41, 5.74) is 4.42. The highest BCUT2D eigenvalue weighted by Crippen LogP contribution is 2.31. The van der Waals surface area contributed by atoms with Crippen LogP contribution in [0.15, 0.2) is 42.5 Å². The van der Waals surface area contributed by atoms with Crippen molar-refractivity contribution in [2.45, 2.75) is 26.8 Å². The first kappa shape index (κ1) is 17.3. The van der Waals surface area contributed by atoms with Gasteiger partial charge in [0.1, 0.15) is 13.2 Å². The molecule has 0 aliphatic carbocycles. The number of carbonyl (C=O) groups is 1. The van der Waals surface area contributed by atoms with Gasteiger partial charge in [0.15, 0.2) is 11.5 Å². The summed E-state index contributed by atoms with van der Waals surface area (Å²) >= 11 is 0. The third kappa shape index (κ3) is 3.33. The quantitative estimate of drug-likeness (QED) is 0.767. The number of amides is 1. The number of pyridine rings is 1. The maximum absolute atomic E-state index is 13.0. The number of rotatable bonds is 4. The van der Waals surface area contributed by atoms with Gasteiger partial charge in [-0.2, -0.15) is 0 Å². The average Bonchev–Trinajstić information content (AvgIpc) is 2.71. The Morgan fingerprint density at radius 1 is 1.11 bits per heavy atom. The van der Waals surface area contributed by atoms with Gasteiger partial charge in [-0.15, -0.1) is 0 Å². The van der Waals surface area contributed by atoms with Crippen molar-refractivity contribution in [2.24, 2.45) is 0 Å². The zero-order chi connectivity index (χ0) is 18.8. The van der Waals surface area contributed by atoms with Crippen molar-refractivity contribution in [3.63, 3.8) is 0 Å². The Labute approximate surface area is 158 Å². The van der Waals surface area contributed by atoms with Gasteiger partial charge >= 0.3 is 0 Å². The molecule has 0 atom stereocenters. The van der Waals surface area contributed by atoms with E-state index in [-0.39, 0.29) is 5.91 Å². The molecule has 0 saturated carbocycles. The minimum atomic E-state index is -0.0873. The number of nitrogens with zero attached hydrogens (tertiary/aromatic N) is 1. The van der Waals surface area contributed by atoms with Crippen molar-refractivity contribution < 1.29 is 14.3 Å². The zero-order valence-corrected chi connectivity index (χ0v) is 15.5. The molecule has 27 heavy (non-hydrogen) atoms. The van der Waals surface area contributed by atoms with Crippen LogP contribution < -0.4 is 14.8 Å². The van der Waals surface area contributed by atoms with Gasteiger partial charge in [0.25, 0.3) is 5.91 Å². The second kappa shape index (κ2) is 7.27. The van der Waals surface area contributed by atoms with Crippen molar-refractivity contribution in [1.29, 1.82) is 0 Å². The number of hydrogen-bond acceptors (Lipinski definition) is 4. The summed E-state index contributed by atoms with van der Waals surface area (Å²) in [5, 5.41) is 3.92. The molecule has 5 heteroatoms. The monoisotopic (exact) mass is 362 g/mol. The van der Waals surface area contributed by atoms with E-state index in [1.165, 1.54) is 0 Å². The Bertz CT molecular complexity index is 1010. The molecule has 0 bridgehead atoms. The minimum absolute atomic E-state index is 0.0873. The van der Waals surface area contributed by atoms with E-state index in [1.807, 2.05) is 49.4 Å².